The van der Waals surface area contributed by atoms with Crippen LogP contribution in [-0.2, 0) is 21.1 Å². The highest BCUT2D eigenvalue weighted by Crippen LogP contribution is 2.27. The number of halogens is 1. The molecule has 0 bridgehead atoms. The molecule has 0 saturated carbocycles. The molecule has 0 aliphatic heterocycles. The van der Waals surface area contributed by atoms with Crippen LogP contribution in [0.4, 0.5) is 4.39 Å². The summed E-state index contributed by atoms with van der Waals surface area (Å²) < 4.78 is 35.4. The van der Waals surface area contributed by atoms with E-state index in [2.05, 4.69) is 0 Å². The van der Waals surface area contributed by atoms with Crippen LogP contribution in [0.15, 0.2) is 42.5 Å². The van der Waals surface area contributed by atoms with E-state index in [1.165, 1.54) is 24.5 Å². The molecule has 2 aromatic rings. The predicted octanol–water partition coefficient (Wildman–Crippen LogP) is 3.04. The molecular formula is C19H22FNO4S. The van der Waals surface area contributed by atoms with E-state index in [0.29, 0.717) is 6.42 Å². The minimum absolute atomic E-state index is 0.0367. The fraction of sp³-hybridized carbons (Fsp3) is 0.316. The maximum absolute atomic E-state index is 13.0. The molecule has 0 aromatic heterocycles. The minimum Gasteiger partial charge on any atom is -0.289 e. The van der Waals surface area contributed by atoms with E-state index >= 15 is 0 Å². The maximum atomic E-state index is 13.0. The zero-order valence-electron chi connectivity index (χ0n) is 14.9. The number of hydrogen-bond donors (Lipinski definition) is 2. The summed E-state index contributed by atoms with van der Waals surface area (Å²) >= 11 is 0. The van der Waals surface area contributed by atoms with E-state index in [1.807, 2.05) is 25.1 Å². The average molecular weight is 379 g/mol. The van der Waals surface area contributed by atoms with Crippen LogP contribution in [-0.4, -0.2) is 30.5 Å². The second kappa shape index (κ2) is 7.55. The predicted molar refractivity (Wildman–Crippen MR) is 98.1 cm³/mol. The fourth-order valence-corrected chi connectivity index (χ4v) is 3.61. The first-order valence-electron chi connectivity index (χ1n) is 8.08. The van der Waals surface area contributed by atoms with E-state index in [9.17, 15) is 17.6 Å². The summed E-state index contributed by atoms with van der Waals surface area (Å²) in [5, 5.41) is 8.88. The summed E-state index contributed by atoms with van der Waals surface area (Å²) in [6.07, 6.45) is 1.37. The van der Waals surface area contributed by atoms with Gasteiger partial charge in [-0.1, -0.05) is 30.3 Å². The Bertz CT molecular complexity index is 910. The van der Waals surface area contributed by atoms with E-state index < -0.39 is 20.5 Å². The van der Waals surface area contributed by atoms with Crippen molar-refractivity contribution in [2.45, 2.75) is 31.4 Å². The number of aryl methyl sites for hydroxylation is 2. The van der Waals surface area contributed by atoms with Gasteiger partial charge in [0.15, 0.2) is 9.84 Å². The molecule has 140 valence electrons. The lowest BCUT2D eigenvalue weighted by molar-refractivity contribution is -0.131. The Kier molecular flexibility index (Phi) is 5.83. The third-order valence-corrected chi connectivity index (χ3v) is 6.82. The molecule has 0 heterocycles. The molecule has 0 aliphatic rings. The Morgan fingerprint density at radius 3 is 2.23 bits per heavy atom. The zero-order chi connectivity index (χ0) is 19.5. The molecule has 0 spiro atoms. The van der Waals surface area contributed by atoms with Gasteiger partial charge >= 0.3 is 0 Å². The Balaban J connectivity index is 2.25. The summed E-state index contributed by atoms with van der Waals surface area (Å²) in [6, 6.07) is 11.8. The number of amides is 1. The number of carbonyl (C=O) groups is 1. The highest BCUT2D eigenvalue weighted by Gasteiger charge is 2.43. The van der Waals surface area contributed by atoms with Crippen LogP contribution in [0.5, 0.6) is 0 Å². The van der Waals surface area contributed by atoms with Crippen molar-refractivity contribution in [3.05, 3.63) is 59.4 Å². The highest BCUT2D eigenvalue weighted by molar-refractivity contribution is 7.92. The van der Waals surface area contributed by atoms with Gasteiger partial charge in [-0.25, -0.2) is 18.3 Å². The van der Waals surface area contributed by atoms with Crippen molar-refractivity contribution in [2.24, 2.45) is 0 Å². The molecule has 7 heteroatoms. The van der Waals surface area contributed by atoms with Gasteiger partial charge in [-0.2, -0.15) is 0 Å². The Morgan fingerprint density at radius 1 is 1.15 bits per heavy atom. The van der Waals surface area contributed by atoms with Gasteiger partial charge in [-0.3, -0.25) is 10.0 Å². The van der Waals surface area contributed by atoms with Gasteiger partial charge in [0.1, 0.15) is 10.6 Å². The molecular weight excluding hydrogens is 357 g/mol. The molecule has 5 nitrogen and oxygen atoms in total. The minimum atomic E-state index is -3.72. The van der Waals surface area contributed by atoms with E-state index in [4.69, 9.17) is 5.21 Å². The SMILES string of the molecule is Cc1cc(-c2ccc(F)cc2)ccc1CCC(C)(C(=O)NO)S(C)(=O)=O. The molecule has 0 saturated heterocycles. The molecule has 0 aliphatic carbocycles. The number of hydrogen-bond acceptors (Lipinski definition) is 4. The molecule has 1 atom stereocenters. The summed E-state index contributed by atoms with van der Waals surface area (Å²) in [7, 11) is -3.72. The van der Waals surface area contributed by atoms with Crippen molar-refractivity contribution in [3.8, 4) is 11.1 Å². The molecule has 1 amide bonds. The van der Waals surface area contributed by atoms with Crippen molar-refractivity contribution < 1.29 is 22.8 Å². The second-order valence-corrected chi connectivity index (χ2v) is 9.04. The first-order valence-corrected chi connectivity index (χ1v) is 9.97. The molecule has 1 unspecified atom stereocenters. The van der Waals surface area contributed by atoms with Crippen LogP contribution in [0.25, 0.3) is 11.1 Å². The van der Waals surface area contributed by atoms with Gasteiger partial charge < -0.3 is 0 Å². The van der Waals surface area contributed by atoms with Crippen LogP contribution in [0.3, 0.4) is 0 Å². The van der Waals surface area contributed by atoms with Gasteiger partial charge in [-0.15, -0.1) is 0 Å². The summed E-state index contributed by atoms with van der Waals surface area (Å²) in [5.74, 6) is -1.25. The monoisotopic (exact) mass is 379 g/mol. The smallest absolute Gasteiger partial charge is 0.264 e. The Hall–Kier alpha value is -2.25. The molecule has 26 heavy (non-hydrogen) atoms. The van der Waals surface area contributed by atoms with Gasteiger partial charge in [-0.05, 0) is 61.1 Å². The standard InChI is InChI=1S/C19H22FNO4S/c1-13-12-16(15-6-8-17(20)9-7-15)5-4-14(13)10-11-19(2,18(22)21-23)26(3,24)25/h4-9,12,23H,10-11H2,1-3H3,(H,21,22). The van der Waals surface area contributed by atoms with Crippen molar-refractivity contribution >= 4 is 15.7 Å². The normalized spacial score (nSPS) is 13.9. The van der Waals surface area contributed by atoms with Crippen LogP contribution < -0.4 is 5.48 Å². The van der Waals surface area contributed by atoms with Crippen LogP contribution in [0.2, 0.25) is 0 Å². The number of rotatable bonds is 6. The zero-order valence-corrected chi connectivity index (χ0v) is 15.7. The van der Waals surface area contributed by atoms with E-state index in [-0.39, 0.29) is 12.2 Å². The van der Waals surface area contributed by atoms with Gasteiger partial charge in [0, 0.05) is 6.26 Å². The lowest BCUT2D eigenvalue weighted by Crippen LogP contribution is -2.49. The van der Waals surface area contributed by atoms with Gasteiger partial charge in [0.25, 0.3) is 5.91 Å². The molecule has 0 fully saturated rings. The number of benzene rings is 2. The molecule has 2 N–H and O–H groups in total. The maximum Gasteiger partial charge on any atom is 0.264 e. The fourth-order valence-electron chi connectivity index (χ4n) is 2.76. The summed E-state index contributed by atoms with van der Waals surface area (Å²) in [5.41, 5.74) is 5.08. The third-order valence-electron chi connectivity index (χ3n) is 4.79. The first-order chi connectivity index (χ1) is 12.1. The van der Waals surface area contributed by atoms with E-state index in [1.54, 1.807) is 12.1 Å². The lowest BCUT2D eigenvalue weighted by Gasteiger charge is -2.25. The quantitative estimate of drug-likeness (QED) is 0.597. The third kappa shape index (κ3) is 4.11. The number of hydroxylamine groups is 1. The Labute approximate surface area is 152 Å². The lowest BCUT2D eigenvalue weighted by atomic mass is 9.94. The molecule has 2 aromatic carbocycles. The summed E-state index contributed by atoms with van der Waals surface area (Å²) in [4.78, 5) is 11.9. The summed E-state index contributed by atoms with van der Waals surface area (Å²) in [6.45, 7) is 3.20. The van der Waals surface area contributed by atoms with Crippen molar-refractivity contribution in [3.63, 3.8) is 0 Å². The second-order valence-electron chi connectivity index (χ2n) is 6.59. The Morgan fingerprint density at radius 2 is 1.73 bits per heavy atom. The van der Waals surface area contributed by atoms with Crippen molar-refractivity contribution in [1.82, 2.24) is 5.48 Å². The molecule has 2 rings (SSSR count). The average Bonchev–Trinajstić information content (AvgIpc) is 2.59. The van der Waals surface area contributed by atoms with Gasteiger partial charge in [0.2, 0.25) is 0 Å². The topological polar surface area (TPSA) is 83.5 Å². The van der Waals surface area contributed by atoms with Crippen molar-refractivity contribution in [1.29, 1.82) is 0 Å². The first kappa shape index (κ1) is 20.1. The van der Waals surface area contributed by atoms with E-state index in [0.717, 1.165) is 28.5 Å². The number of sulfone groups is 1. The van der Waals surface area contributed by atoms with Crippen LogP contribution >= 0.6 is 0 Å². The van der Waals surface area contributed by atoms with Gasteiger partial charge in [0.05, 0.1) is 0 Å². The highest BCUT2D eigenvalue weighted by atomic mass is 32.2. The number of nitrogens with one attached hydrogen (secondary N) is 1. The number of carbonyl (C=O) groups excluding carboxylic acids is 1. The van der Waals surface area contributed by atoms with Crippen LogP contribution in [0, 0.1) is 12.7 Å². The molecule has 0 radical (unpaired) electrons. The van der Waals surface area contributed by atoms with Crippen molar-refractivity contribution in [2.75, 3.05) is 6.26 Å². The largest absolute Gasteiger partial charge is 0.289 e. The van der Waals surface area contributed by atoms with Crippen LogP contribution in [0.1, 0.15) is 24.5 Å².